The van der Waals surface area contributed by atoms with E-state index in [0.29, 0.717) is 11.5 Å². The molecule has 0 saturated carbocycles. The van der Waals surface area contributed by atoms with Crippen LogP contribution in [-0.4, -0.2) is 10.2 Å². The molecule has 0 unspecified atom stereocenters. The van der Waals surface area contributed by atoms with Crippen LogP contribution in [0.5, 0.6) is 11.5 Å². The molecule has 0 bridgehead atoms. The molecule has 0 radical (unpaired) electrons. The zero-order chi connectivity index (χ0) is 18.4. The van der Waals surface area contributed by atoms with Crippen LogP contribution >= 0.6 is 0 Å². The van der Waals surface area contributed by atoms with E-state index >= 15 is 0 Å². The number of aromatic hydroxyl groups is 2. The summed E-state index contributed by atoms with van der Waals surface area (Å²) < 4.78 is 0. The first-order valence-corrected chi connectivity index (χ1v) is 8.51. The van der Waals surface area contributed by atoms with Gasteiger partial charge in [-0.3, -0.25) is 0 Å². The summed E-state index contributed by atoms with van der Waals surface area (Å²) in [7, 11) is 0. The molecule has 2 aromatic rings. The van der Waals surface area contributed by atoms with Crippen molar-refractivity contribution in [3.8, 4) is 22.6 Å². The number of phenolic OH excluding ortho intramolecular Hbond substituents is 2. The molecule has 0 aliphatic rings. The predicted molar refractivity (Wildman–Crippen MR) is 102 cm³/mol. The van der Waals surface area contributed by atoms with E-state index in [2.05, 4.69) is 53.7 Å². The molecule has 130 valence electrons. The Balaban J connectivity index is 2.81. The molecule has 0 fully saturated rings. The third kappa shape index (κ3) is 3.43. The quantitative estimate of drug-likeness (QED) is 0.677. The van der Waals surface area contributed by atoms with Crippen LogP contribution in [0.2, 0.25) is 0 Å². The van der Waals surface area contributed by atoms with E-state index in [4.69, 9.17) is 0 Å². The molecular formula is C22H30O2. The average molecular weight is 326 g/mol. The van der Waals surface area contributed by atoms with Gasteiger partial charge in [0.25, 0.3) is 0 Å². The van der Waals surface area contributed by atoms with Gasteiger partial charge in [-0.25, -0.2) is 0 Å². The molecule has 0 aliphatic heterocycles. The fourth-order valence-electron chi connectivity index (χ4n) is 3.07. The van der Waals surface area contributed by atoms with Gasteiger partial charge in [-0.1, -0.05) is 41.5 Å². The Labute approximate surface area is 146 Å². The van der Waals surface area contributed by atoms with Crippen molar-refractivity contribution in [3.63, 3.8) is 0 Å². The van der Waals surface area contributed by atoms with Gasteiger partial charge in [-0.05, 0) is 71.2 Å². The maximum Gasteiger partial charge on any atom is 0.123 e. The first-order chi connectivity index (χ1) is 10.8. The van der Waals surface area contributed by atoms with Gasteiger partial charge in [-0.15, -0.1) is 0 Å². The highest BCUT2D eigenvalue weighted by atomic mass is 16.3. The summed E-state index contributed by atoms with van der Waals surface area (Å²) >= 11 is 0. The third-order valence-electron chi connectivity index (χ3n) is 4.55. The Bertz CT molecular complexity index is 714. The molecular weight excluding hydrogens is 296 g/mol. The van der Waals surface area contributed by atoms with Gasteiger partial charge in [0.15, 0.2) is 0 Å². The van der Waals surface area contributed by atoms with Crippen molar-refractivity contribution in [3.05, 3.63) is 46.5 Å². The van der Waals surface area contributed by atoms with E-state index in [1.807, 2.05) is 26.0 Å². The summed E-state index contributed by atoms with van der Waals surface area (Å²) in [6, 6.07) is 8.17. The van der Waals surface area contributed by atoms with Gasteiger partial charge < -0.3 is 10.2 Å². The molecule has 2 aromatic carbocycles. The minimum absolute atomic E-state index is 0.152. The Morgan fingerprint density at radius 1 is 0.583 bits per heavy atom. The van der Waals surface area contributed by atoms with E-state index < -0.39 is 0 Å². The van der Waals surface area contributed by atoms with Crippen molar-refractivity contribution >= 4 is 0 Å². The predicted octanol–water partition coefficient (Wildman–Crippen LogP) is 5.98. The van der Waals surface area contributed by atoms with Crippen LogP contribution in [0.1, 0.15) is 63.8 Å². The van der Waals surface area contributed by atoms with Crippen LogP contribution in [-0.2, 0) is 10.8 Å². The largest absolute Gasteiger partial charge is 0.507 e. The van der Waals surface area contributed by atoms with Crippen molar-refractivity contribution < 1.29 is 10.2 Å². The Kier molecular flexibility index (Phi) is 4.47. The molecule has 0 spiro atoms. The standard InChI is InChI=1S/C22H30O2/c1-13-9-15(10-14(2)19(13)23)16-11-17(21(3,4)5)20(24)18(12-16)22(6,7)8/h9-12,23-24H,1-8H3. The van der Waals surface area contributed by atoms with E-state index in [-0.39, 0.29) is 10.8 Å². The normalized spacial score (nSPS) is 12.5. The second-order valence-electron chi connectivity index (χ2n) is 8.88. The highest BCUT2D eigenvalue weighted by molar-refractivity contribution is 5.71. The van der Waals surface area contributed by atoms with E-state index in [0.717, 1.165) is 33.4 Å². The van der Waals surface area contributed by atoms with Crippen LogP contribution in [0.15, 0.2) is 24.3 Å². The van der Waals surface area contributed by atoms with Crippen molar-refractivity contribution in [2.45, 2.75) is 66.2 Å². The lowest BCUT2D eigenvalue weighted by Crippen LogP contribution is -2.17. The number of phenols is 2. The minimum Gasteiger partial charge on any atom is -0.507 e. The maximum atomic E-state index is 10.8. The van der Waals surface area contributed by atoms with Gasteiger partial charge in [0, 0.05) is 11.1 Å². The Hall–Kier alpha value is -1.96. The maximum absolute atomic E-state index is 10.8. The second-order valence-corrected chi connectivity index (χ2v) is 8.88. The average Bonchev–Trinajstić information content (AvgIpc) is 2.41. The fourth-order valence-corrected chi connectivity index (χ4v) is 3.07. The lowest BCUT2D eigenvalue weighted by atomic mass is 9.77. The summed E-state index contributed by atoms with van der Waals surface area (Å²) in [6.45, 7) is 16.5. The fraction of sp³-hybridized carbons (Fsp3) is 0.455. The SMILES string of the molecule is Cc1cc(-c2cc(C(C)(C)C)c(O)c(C(C)(C)C)c2)cc(C)c1O. The first kappa shape index (κ1) is 18.4. The summed E-state index contributed by atoms with van der Waals surface area (Å²) in [6.07, 6.45) is 0. The van der Waals surface area contributed by atoms with Crippen LogP contribution in [0.25, 0.3) is 11.1 Å². The molecule has 0 amide bonds. The molecule has 2 heteroatoms. The highest BCUT2D eigenvalue weighted by Crippen LogP contribution is 2.42. The minimum atomic E-state index is -0.152. The first-order valence-electron chi connectivity index (χ1n) is 8.51. The second kappa shape index (κ2) is 5.84. The summed E-state index contributed by atoms with van der Waals surface area (Å²) in [4.78, 5) is 0. The van der Waals surface area contributed by atoms with Gasteiger partial charge >= 0.3 is 0 Å². The number of aryl methyl sites for hydroxylation is 2. The molecule has 2 N–H and O–H groups in total. The number of hydrogen-bond acceptors (Lipinski definition) is 2. The molecule has 0 aliphatic carbocycles. The van der Waals surface area contributed by atoms with Crippen molar-refractivity contribution in [1.29, 1.82) is 0 Å². The molecule has 2 nitrogen and oxygen atoms in total. The molecule has 0 heterocycles. The molecule has 2 rings (SSSR count). The van der Waals surface area contributed by atoms with Crippen LogP contribution in [0, 0.1) is 13.8 Å². The van der Waals surface area contributed by atoms with Gasteiger partial charge in [0.1, 0.15) is 11.5 Å². The number of rotatable bonds is 1. The Morgan fingerprint density at radius 2 is 0.917 bits per heavy atom. The summed E-state index contributed by atoms with van der Waals surface area (Å²) in [5.41, 5.74) is 5.48. The number of benzene rings is 2. The summed E-state index contributed by atoms with van der Waals surface area (Å²) in [5.74, 6) is 0.746. The topological polar surface area (TPSA) is 40.5 Å². The van der Waals surface area contributed by atoms with Gasteiger partial charge in [0.05, 0.1) is 0 Å². The van der Waals surface area contributed by atoms with E-state index in [1.165, 1.54) is 0 Å². The molecule has 24 heavy (non-hydrogen) atoms. The van der Waals surface area contributed by atoms with Crippen LogP contribution < -0.4 is 0 Å². The van der Waals surface area contributed by atoms with Crippen molar-refractivity contribution in [2.24, 2.45) is 0 Å². The summed E-state index contributed by atoms with van der Waals surface area (Å²) in [5, 5.41) is 20.9. The van der Waals surface area contributed by atoms with E-state index in [9.17, 15) is 10.2 Å². The zero-order valence-corrected chi connectivity index (χ0v) is 16.2. The lowest BCUT2D eigenvalue weighted by molar-refractivity contribution is 0.423. The van der Waals surface area contributed by atoms with Crippen LogP contribution in [0.3, 0.4) is 0 Å². The van der Waals surface area contributed by atoms with E-state index in [1.54, 1.807) is 0 Å². The third-order valence-corrected chi connectivity index (χ3v) is 4.55. The van der Waals surface area contributed by atoms with Gasteiger partial charge in [0.2, 0.25) is 0 Å². The molecule has 0 saturated heterocycles. The lowest BCUT2D eigenvalue weighted by Gasteiger charge is -2.28. The molecule has 0 atom stereocenters. The highest BCUT2D eigenvalue weighted by Gasteiger charge is 2.26. The monoisotopic (exact) mass is 326 g/mol. The van der Waals surface area contributed by atoms with Crippen molar-refractivity contribution in [1.82, 2.24) is 0 Å². The van der Waals surface area contributed by atoms with Crippen molar-refractivity contribution in [2.75, 3.05) is 0 Å². The smallest absolute Gasteiger partial charge is 0.123 e. The molecule has 0 aromatic heterocycles. The van der Waals surface area contributed by atoms with Gasteiger partial charge in [-0.2, -0.15) is 0 Å². The number of hydrogen-bond donors (Lipinski definition) is 2. The van der Waals surface area contributed by atoms with Crippen LogP contribution in [0.4, 0.5) is 0 Å². The Morgan fingerprint density at radius 3 is 1.25 bits per heavy atom. The zero-order valence-electron chi connectivity index (χ0n) is 16.2.